The molecule has 0 fully saturated rings. The highest BCUT2D eigenvalue weighted by Gasteiger charge is 2.35. The van der Waals surface area contributed by atoms with Crippen molar-refractivity contribution in [3.05, 3.63) is 112 Å². The molecule has 1 amide bonds. The van der Waals surface area contributed by atoms with E-state index in [0.29, 0.717) is 4.90 Å². The summed E-state index contributed by atoms with van der Waals surface area (Å²) in [5.74, 6) is -1.19. The molecule has 0 N–H and O–H groups in total. The number of nitro benzene ring substituents is 1. The molecule has 0 atom stereocenters. The number of carbonyl (C=O) groups is 1. The molecule has 0 unspecified atom stereocenters. The summed E-state index contributed by atoms with van der Waals surface area (Å²) < 4.78 is 39.9. The minimum Gasteiger partial charge on any atom is -0.329 e. The standard InChI is InChI=1S/C24H21F3N2O3/c25-24(26,27)17-28(16-20-13-7-8-14-22(20)29(31)32)23(30)15-21(18-9-3-1-4-10-18)19-11-5-2-6-12-19/h1-14,21H,15-17H2. The molecule has 0 spiro atoms. The zero-order valence-corrected chi connectivity index (χ0v) is 17.0. The van der Waals surface area contributed by atoms with Crippen LogP contribution < -0.4 is 0 Å². The number of benzene rings is 3. The minimum atomic E-state index is -4.64. The third-order valence-electron chi connectivity index (χ3n) is 5.05. The number of carbonyl (C=O) groups excluding carboxylic acids is 1. The molecule has 0 aliphatic rings. The van der Waals surface area contributed by atoms with Crippen LogP contribution in [-0.4, -0.2) is 28.5 Å². The Labute approximate surface area is 183 Å². The van der Waals surface area contributed by atoms with Crippen molar-refractivity contribution in [2.45, 2.75) is 25.1 Å². The molecule has 32 heavy (non-hydrogen) atoms. The van der Waals surface area contributed by atoms with Crippen LogP contribution in [0.3, 0.4) is 0 Å². The van der Waals surface area contributed by atoms with Crippen molar-refractivity contribution in [2.75, 3.05) is 6.54 Å². The van der Waals surface area contributed by atoms with E-state index in [1.165, 1.54) is 24.3 Å². The van der Waals surface area contributed by atoms with E-state index in [2.05, 4.69) is 0 Å². The van der Waals surface area contributed by atoms with Crippen LogP contribution in [0, 0.1) is 10.1 Å². The van der Waals surface area contributed by atoms with Gasteiger partial charge in [0.1, 0.15) is 6.54 Å². The van der Waals surface area contributed by atoms with Gasteiger partial charge in [0.05, 0.1) is 11.5 Å². The Balaban J connectivity index is 1.92. The summed E-state index contributed by atoms with van der Waals surface area (Å²) in [4.78, 5) is 24.4. The van der Waals surface area contributed by atoms with Gasteiger partial charge in [-0.2, -0.15) is 13.2 Å². The topological polar surface area (TPSA) is 63.5 Å². The molecule has 0 heterocycles. The van der Waals surface area contributed by atoms with Gasteiger partial charge in [-0.3, -0.25) is 14.9 Å². The molecule has 0 radical (unpaired) electrons. The first kappa shape index (κ1) is 23.0. The number of rotatable bonds is 8. The summed E-state index contributed by atoms with van der Waals surface area (Å²) >= 11 is 0. The van der Waals surface area contributed by atoms with Crippen molar-refractivity contribution in [1.82, 2.24) is 4.90 Å². The van der Waals surface area contributed by atoms with Gasteiger partial charge in [-0.15, -0.1) is 0 Å². The largest absolute Gasteiger partial charge is 0.406 e. The molecule has 0 bridgehead atoms. The van der Waals surface area contributed by atoms with Crippen molar-refractivity contribution in [3.8, 4) is 0 Å². The van der Waals surface area contributed by atoms with Crippen LogP contribution in [0.25, 0.3) is 0 Å². The average Bonchev–Trinajstić information content (AvgIpc) is 2.77. The Morgan fingerprint density at radius 2 is 1.38 bits per heavy atom. The van der Waals surface area contributed by atoms with Gasteiger partial charge < -0.3 is 4.90 Å². The van der Waals surface area contributed by atoms with Gasteiger partial charge in [0.25, 0.3) is 5.69 Å². The van der Waals surface area contributed by atoms with Gasteiger partial charge in [-0.1, -0.05) is 78.9 Å². The Bertz CT molecular complexity index is 1020. The van der Waals surface area contributed by atoms with E-state index < -0.39 is 36.0 Å². The van der Waals surface area contributed by atoms with Gasteiger partial charge in [0.2, 0.25) is 5.91 Å². The monoisotopic (exact) mass is 442 g/mol. The van der Waals surface area contributed by atoms with Crippen molar-refractivity contribution < 1.29 is 22.9 Å². The van der Waals surface area contributed by atoms with E-state index >= 15 is 0 Å². The maximum absolute atomic E-state index is 13.3. The second kappa shape index (κ2) is 10.1. The molecular weight excluding hydrogens is 421 g/mol. The predicted molar refractivity (Wildman–Crippen MR) is 114 cm³/mol. The summed E-state index contributed by atoms with van der Waals surface area (Å²) in [5, 5.41) is 11.3. The summed E-state index contributed by atoms with van der Waals surface area (Å²) in [6.45, 7) is -2.00. The van der Waals surface area contributed by atoms with Crippen LogP contribution in [-0.2, 0) is 11.3 Å². The van der Waals surface area contributed by atoms with Gasteiger partial charge in [0, 0.05) is 24.0 Å². The number of nitrogens with zero attached hydrogens (tertiary/aromatic N) is 2. The fourth-order valence-corrected chi connectivity index (χ4v) is 3.58. The van der Waals surface area contributed by atoms with Crippen molar-refractivity contribution in [3.63, 3.8) is 0 Å². The lowest BCUT2D eigenvalue weighted by atomic mass is 9.88. The van der Waals surface area contributed by atoms with Crippen molar-refractivity contribution in [1.29, 1.82) is 0 Å². The molecule has 5 nitrogen and oxygen atoms in total. The van der Waals surface area contributed by atoms with Crippen LogP contribution >= 0.6 is 0 Å². The quantitative estimate of drug-likeness (QED) is 0.332. The highest BCUT2D eigenvalue weighted by Crippen LogP contribution is 2.30. The fourth-order valence-electron chi connectivity index (χ4n) is 3.58. The van der Waals surface area contributed by atoms with Crippen molar-refractivity contribution >= 4 is 11.6 Å². The highest BCUT2D eigenvalue weighted by atomic mass is 19.4. The molecule has 3 rings (SSSR count). The SMILES string of the molecule is O=C(CC(c1ccccc1)c1ccccc1)N(Cc1ccccc1[N+](=O)[O-])CC(F)(F)F. The number of nitro groups is 1. The van der Waals surface area contributed by atoms with Gasteiger partial charge in [0.15, 0.2) is 0 Å². The Morgan fingerprint density at radius 3 is 1.88 bits per heavy atom. The molecule has 3 aromatic carbocycles. The fraction of sp³-hybridized carbons (Fsp3) is 0.208. The highest BCUT2D eigenvalue weighted by molar-refractivity contribution is 5.78. The van der Waals surface area contributed by atoms with E-state index in [1.807, 2.05) is 36.4 Å². The van der Waals surface area contributed by atoms with Crippen LogP contribution in [0.15, 0.2) is 84.9 Å². The summed E-state index contributed by atoms with van der Waals surface area (Å²) in [5.41, 5.74) is 1.32. The first-order chi connectivity index (χ1) is 15.2. The third-order valence-corrected chi connectivity index (χ3v) is 5.05. The van der Waals surface area contributed by atoms with E-state index in [4.69, 9.17) is 0 Å². The Kier molecular flexibility index (Phi) is 7.25. The average molecular weight is 442 g/mol. The predicted octanol–water partition coefficient (Wildman–Crippen LogP) is 5.71. The first-order valence-corrected chi connectivity index (χ1v) is 9.91. The molecule has 0 aliphatic heterocycles. The smallest absolute Gasteiger partial charge is 0.329 e. The number of hydrogen-bond acceptors (Lipinski definition) is 3. The number of hydrogen-bond donors (Lipinski definition) is 0. The maximum atomic E-state index is 13.3. The van der Waals surface area contributed by atoms with Crippen LogP contribution in [0.5, 0.6) is 0 Å². The molecule has 0 saturated carbocycles. The maximum Gasteiger partial charge on any atom is 0.406 e. The second-order valence-electron chi connectivity index (χ2n) is 7.33. The molecule has 0 aromatic heterocycles. The number of alkyl halides is 3. The zero-order chi connectivity index (χ0) is 23.1. The first-order valence-electron chi connectivity index (χ1n) is 9.91. The molecule has 166 valence electrons. The molecule has 0 saturated heterocycles. The van der Waals surface area contributed by atoms with E-state index in [0.717, 1.165) is 11.1 Å². The number of amides is 1. The minimum absolute atomic E-state index is 0.0473. The van der Waals surface area contributed by atoms with Gasteiger partial charge >= 0.3 is 6.18 Å². The molecule has 0 aliphatic carbocycles. The molecule has 8 heteroatoms. The second-order valence-corrected chi connectivity index (χ2v) is 7.33. The normalized spacial score (nSPS) is 11.4. The number of halogens is 3. The van der Waals surface area contributed by atoms with E-state index in [9.17, 15) is 28.1 Å². The molecular formula is C24H21F3N2O3. The lowest BCUT2D eigenvalue weighted by Gasteiger charge is -2.27. The summed E-state index contributed by atoms with van der Waals surface area (Å²) in [6, 6.07) is 23.6. The summed E-state index contributed by atoms with van der Waals surface area (Å²) in [7, 11) is 0. The number of para-hydroxylation sites is 1. The van der Waals surface area contributed by atoms with Crippen LogP contribution in [0.1, 0.15) is 29.0 Å². The lowest BCUT2D eigenvalue weighted by molar-refractivity contribution is -0.385. The Morgan fingerprint density at radius 1 is 0.875 bits per heavy atom. The molecule has 3 aromatic rings. The van der Waals surface area contributed by atoms with Crippen LogP contribution in [0.4, 0.5) is 18.9 Å². The summed E-state index contributed by atoms with van der Waals surface area (Å²) in [6.07, 6.45) is -4.85. The van der Waals surface area contributed by atoms with Crippen LogP contribution in [0.2, 0.25) is 0 Å². The Hall–Kier alpha value is -3.68. The lowest BCUT2D eigenvalue weighted by Crippen LogP contribution is -2.39. The van der Waals surface area contributed by atoms with E-state index in [-0.39, 0.29) is 17.7 Å². The third kappa shape index (κ3) is 6.16. The van der Waals surface area contributed by atoms with E-state index in [1.54, 1.807) is 24.3 Å². The zero-order valence-electron chi connectivity index (χ0n) is 17.0. The van der Waals surface area contributed by atoms with Crippen molar-refractivity contribution in [2.24, 2.45) is 0 Å². The van der Waals surface area contributed by atoms with Gasteiger partial charge in [-0.05, 0) is 11.1 Å². The van der Waals surface area contributed by atoms with Gasteiger partial charge in [-0.25, -0.2) is 0 Å².